The van der Waals surface area contributed by atoms with Crippen LogP contribution < -0.4 is 5.32 Å². The molecular weight excluding hydrogens is 246 g/mol. The minimum atomic E-state index is 0.189. The van der Waals surface area contributed by atoms with Gasteiger partial charge >= 0.3 is 0 Å². The van der Waals surface area contributed by atoms with Crippen molar-refractivity contribution >= 4 is 0 Å². The molecule has 0 fully saturated rings. The average Bonchev–Trinajstić information content (AvgIpc) is 2.67. The molecule has 0 aliphatic rings. The minimum absolute atomic E-state index is 0.189. The molecule has 1 unspecified atom stereocenters. The molecule has 0 aliphatic heterocycles. The molecule has 1 heterocycles. The van der Waals surface area contributed by atoms with Crippen molar-refractivity contribution in [3.63, 3.8) is 0 Å². The number of hydrogen-bond acceptors (Lipinski definition) is 2. The van der Waals surface area contributed by atoms with Gasteiger partial charge < -0.3 is 9.73 Å². The molecule has 0 saturated heterocycles. The molecule has 108 valence electrons. The Labute approximate surface area is 122 Å². The van der Waals surface area contributed by atoms with E-state index in [0.717, 1.165) is 11.5 Å². The maximum Gasteiger partial charge on any atom is 0.106 e. The Balaban J connectivity index is 2.42. The van der Waals surface area contributed by atoms with Gasteiger partial charge in [0.05, 0.1) is 6.04 Å². The van der Waals surface area contributed by atoms with Gasteiger partial charge in [-0.1, -0.05) is 38.1 Å². The molecule has 1 atom stereocenters. The van der Waals surface area contributed by atoms with Crippen LogP contribution in [0.1, 0.15) is 59.6 Å². The summed E-state index contributed by atoms with van der Waals surface area (Å²) in [7, 11) is 2.00. The molecular formula is C18H25NO. The van der Waals surface area contributed by atoms with Gasteiger partial charge in [0.2, 0.25) is 0 Å². The Hall–Kier alpha value is -1.54. The molecule has 1 aromatic heterocycles. The zero-order valence-corrected chi connectivity index (χ0v) is 13.4. The summed E-state index contributed by atoms with van der Waals surface area (Å²) in [6.07, 6.45) is 0. The van der Waals surface area contributed by atoms with E-state index < -0.39 is 0 Å². The molecule has 2 heteroatoms. The first-order valence-corrected chi connectivity index (χ1v) is 7.29. The normalized spacial score (nSPS) is 12.9. The lowest BCUT2D eigenvalue weighted by atomic mass is 9.93. The van der Waals surface area contributed by atoms with E-state index in [1.54, 1.807) is 0 Å². The molecule has 0 saturated carbocycles. The fourth-order valence-corrected chi connectivity index (χ4v) is 2.79. The van der Waals surface area contributed by atoms with Gasteiger partial charge in [-0.3, -0.25) is 0 Å². The van der Waals surface area contributed by atoms with Crippen LogP contribution in [-0.4, -0.2) is 7.05 Å². The SMILES string of the molecule is CNC(c1ccc(C(C)C)cc1)c1c(C)oc(C)c1C. The van der Waals surface area contributed by atoms with Crippen molar-refractivity contribution in [2.75, 3.05) is 7.05 Å². The standard InChI is InChI=1S/C18H25NO/c1-11(2)15-7-9-16(10-8-15)18(19-6)17-12(3)13(4)20-14(17)5/h7-11,18-19H,1-6H3. The molecule has 0 spiro atoms. The average molecular weight is 271 g/mol. The van der Waals surface area contributed by atoms with Crippen molar-refractivity contribution in [3.8, 4) is 0 Å². The van der Waals surface area contributed by atoms with Crippen LogP contribution in [0.3, 0.4) is 0 Å². The second kappa shape index (κ2) is 5.84. The number of furan rings is 1. The van der Waals surface area contributed by atoms with E-state index in [-0.39, 0.29) is 6.04 Å². The van der Waals surface area contributed by atoms with E-state index in [0.29, 0.717) is 5.92 Å². The Morgan fingerprint density at radius 1 is 0.900 bits per heavy atom. The third-order valence-electron chi connectivity index (χ3n) is 4.13. The van der Waals surface area contributed by atoms with Gasteiger partial charge in [-0.05, 0) is 50.4 Å². The second-order valence-electron chi connectivity index (χ2n) is 5.80. The predicted molar refractivity (Wildman–Crippen MR) is 84.4 cm³/mol. The molecule has 20 heavy (non-hydrogen) atoms. The minimum Gasteiger partial charge on any atom is -0.466 e. The molecule has 0 bridgehead atoms. The third kappa shape index (κ3) is 2.66. The van der Waals surface area contributed by atoms with Crippen molar-refractivity contribution in [3.05, 3.63) is 58.0 Å². The first kappa shape index (κ1) is 14.9. The molecule has 2 rings (SSSR count). The highest BCUT2D eigenvalue weighted by atomic mass is 16.3. The van der Waals surface area contributed by atoms with Gasteiger partial charge in [0, 0.05) is 5.56 Å². The number of nitrogens with one attached hydrogen (secondary N) is 1. The summed E-state index contributed by atoms with van der Waals surface area (Å²) in [5.41, 5.74) is 5.17. The van der Waals surface area contributed by atoms with Gasteiger partial charge in [-0.2, -0.15) is 0 Å². The lowest BCUT2D eigenvalue weighted by Crippen LogP contribution is -2.18. The van der Waals surface area contributed by atoms with Crippen molar-refractivity contribution in [1.29, 1.82) is 0 Å². The Morgan fingerprint density at radius 2 is 1.45 bits per heavy atom. The smallest absolute Gasteiger partial charge is 0.106 e. The predicted octanol–water partition coefficient (Wildman–Crippen LogP) is 4.64. The van der Waals surface area contributed by atoms with Crippen LogP contribution in [0.4, 0.5) is 0 Å². The second-order valence-corrected chi connectivity index (χ2v) is 5.80. The van der Waals surface area contributed by atoms with Crippen molar-refractivity contribution in [2.45, 2.75) is 46.6 Å². The maximum absolute atomic E-state index is 5.77. The van der Waals surface area contributed by atoms with Crippen LogP contribution >= 0.6 is 0 Å². The Kier molecular flexibility index (Phi) is 4.34. The number of rotatable bonds is 4. The van der Waals surface area contributed by atoms with Gasteiger partial charge in [0.25, 0.3) is 0 Å². The zero-order valence-electron chi connectivity index (χ0n) is 13.4. The van der Waals surface area contributed by atoms with Crippen LogP contribution in [-0.2, 0) is 0 Å². The molecule has 0 aliphatic carbocycles. The summed E-state index contributed by atoms with van der Waals surface area (Å²) < 4.78 is 5.77. The van der Waals surface area contributed by atoms with Crippen molar-refractivity contribution in [1.82, 2.24) is 5.32 Å². The fourth-order valence-electron chi connectivity index (χ4n) is 2.79. The van der Waals surface area contributed by atoms with Crippen molar-refractivity contribution < 1.29 is 4.42 Å². The monoisotopic (exact) mass is 271 g/mol. The Bertz CT molecular complexity index is 578. The zero-order chi connectivity index (χ0) is 14.9. The van der Waals surface area contributed by atoms with Gasteiger partial charge in [-0.25, -0.2) is 0 Å². The maximum atomic E-state index is 5.77. The van der Waals surface area contributed by atoms with E-state index >= 15 is 0 Å². The van der Waals surface area contributed by atoms with Crippen LogP contribution in [0.15, 0.2) is 28.7 Å². The summed E-state index contributed by atoms with van der Waals surface area (Å²) in [5, 5.41) is 3.42. The summed E-state index contributed by atoms with van der Waals surface area (Å²) in [6.45, 7) is 10.6. The van der Waals surface area contributed by atoms with Crippen LogP contribution in [0.25, 0.3) is 0 Å². The van der Waals surface area contributed by atoms with Gasteiger partial charge in [-0.15, -0.1) is 0 Å². The van der Waals surface area contributed by atoms with Gasteiger partial charge in [0.15, 0.2) is 0 Å². The molecule has 0 amide bonds. The molecule has 0 radical (unpaired) electrons. The summed E-state index contributed by atoms with van der Waals surface area (Å²) in [5.74, 6) is 2.58. The first-order valence-electron chi connectivity index (χ1n) is 7.29. The molecule has 2 aromatic rings. The first-order chi connectivity index (χ1) is 9.45. The highest BCUT2D eigenvalue weighted by Gasteiger charge is 2.21. The van der Waals surface area contributed by atoms with Crippen LogP contribution in [0, 0.1) is 20.8 Å². The third-order valence-corrected chi connectivity index (χ3v) is 4.13. The van der Waals surface area contributed by atoms with E-state index in [4.69, 9.17) is 4.42 Å². The van der Waals surface area contributed by atoms with E-state index in [1.165, 1.54) is 22.3 Å². The highest BCUT2D eigenvalue weighted by Crippen LogP contribution is 2.31. The number of aryl methyl sites for hydroxylation is 2. The largest absolute Gasteiger partial charge is 0.466 e. The molecule has 2 nitrogen and oxygen atoms in total. The lowest BCUT2D eigenvalue weighted by Gasteiger charge is -2.18. The highest BCUT2D eigenvalue weighted by molar-refractivity contribution is 5.41. The fraction of sp³-hybridized carbons (Fsp3) is 0.444. The van der Waals surface area contributed by atoms with E-state index in [9.17, 15) is 0 Å². The van der Waals surface area contributed by atoms with E-state index in [2.05, 4.69) is 50.4 Å². The summed E-state index contributed by atoms with van der Waals surface area (Å²) >= 11 is 0. The van der Waals surface area contributed by atoms with Crippen LogP contribution in [0.5, 0.6) is 0 Å². The lowest BCUT2D eigenvalue weighted by molar-refractivity contribution is 0.495. The molecule has 1 aromatic carbocycles. The van der Waals surface area contributed by atoms with Crippen LogP contribution in [0.2, 0.25) is 0 Å². The molecule has 1 N–H and O–H groups in total. The van der Waals surface area contributed by atoms with Crippen molar-refractivity contribution in [2.24, 2.45) is 0 Å². The van der Waals surface area contributed by atoms with E-state index in [1.807, 2.05) is 20.9 Å². The summed E-state index contributed by atoms with van der Waals surface area (Å²) in [4.78, 5) is 0. The number of benzene rings is 1. The topological polar surface area (TPSA) is 25.2 Å². The Morgan fingerprint density at radius 3 is 1.85 bits per heavy atom. The van der Waals surface area contributed by atoms with Gasteiger partial charge in [0.1, 0.15) is 11.5 Å². The quantitative estimate of drug-likeness (QED) is 0.876. The summed E-state index contributed by atoms with van der Waals surface area (Å²) in [6, 6.07) is 9.08. The number of hydrogen-bond donors (Lipinski definition) is 1.